The number of carboxylic acids is 1. The number of nitrogens with two attached hydrogens (primary N) is 1. The molecule has 3 aromatic rings. The van der Waals surface area contributed by atoms with Crippen molar-refractivity contribution >= 4 is 46.4 Å². The van der Waals surface area contributed by atoms with E-state index in [-0.39, 0.29) is 43.4 Å². The van der Waals surface area contributed by atoms with Crippen LogP contribution in [-0.4, -0.2) is 98.4 Å². The van der Waals surface area contributed by atoms with Gasteiger partial charge in [0.25, 0.3) is 0 Å². The number of carbonyl (C=O) groups excluding carboxylic acids is 5. The summed E-state index contributed by atoms with van der Waals surface area (Å²) in [5, 5.41) is 31.9. The zero-order valence-electron chi connectivity index (χ0n) is 33.7. The van der Waals surface area contributed by atoms with Gasteiger partial charge in [-0.3, -0.25) is 24.0 Å². The molecule has 0 saturated carbocycles. The molecule has 7 atom stereocenters. The average Bonchev–Trinajstić information content (AvgIpc) is 3.83. The molecule has 57 heavy (non-hydrogen) atoms. The molecule has 1 aliphatic heterocycles. The molecular weight excluding hydrogens is 731 g/mol. The number of benzene rings is 2. The minimum Gasteiger partial charge on any atom is -0.508 e. The highest BCUT2D eigenvalue weighted by Crippen LogP contribution is 2.23. The van der Waals surface area contributed by atoms with Gasteiger partial charge in [-0.2, -0.15) is 0 Å². The van der Waals surface area contributed by atoms with Crippen molar-refractivity contribution in [3.63, 3.8) is 0 Å². The van der Waals surface area contributed by atoms with E-state index in [9.17, 15) is 39.0 Å². The third-order valence-electron chi connectivity index (χ3n) is 10.6. The van der Waals surface area contributed by atoms with Crippen molar-refractivity contribution in [1.82, 2.24) is 31.2 Å². The number of nitrogens with zero attached hydrogens (tertiary/aromatic N) is 1. The molecule has 2 heterocycles. The molecular formula is C42H59N7O8. The number of aromatic amines is 1. The zero-order valence-corrected chi connectivity index (χ0v) is 33.7. The lowest BCUT2D eigenvalue weighted by atomic mass is 9.95. The molecule has 1 aromatic heterocycles. The lowest BCUT2D eigenvalue weighted by molar-refractivity contribution is -0.145. The van der Waals surface area contributed by atoms with E-state index in [1.165, 1.54) is 17.0 Å². The highest BCUT2D eigenvalue weighted by molar-refractivity contribution is 5.97. The topological polar surface area (TPSA) is 236 Å². The number of carbonyl (C=O) groups is 6. The molecule has 0 bridgehead atoms. The number of phenolic OH excluding ortho intramolecular Hbond substituents is 1. The predicted octanol–water partition coefficient (Wildman–Crippen LogP) is 2.75. The minimum atomic E-state index is -1.27. The molecule has 0 radical (unpaired) electrons. The Kier molecular flexibility index (Phi) is 15.6. The van der Waals surface area contributed by atoms with E-state index >= 15 is 0 Å². The number of para-hydroxylation sites is 1. The van der Waals surface area contributed by atoms with Crippen LogP contribution in [0.1, 0.15) is 78.4 Å². The Labute approximate surface area is 333 Å². The van der Waals surface area contributed by atoms with Crippen LogP contribution in [0, 0.1) is 17.8 Å². The number of aromatic hydroxyl groups is 1. The van der Waals surface area contributed by atoms with Crippen LogP contribution in [0.5, 0.6) is 5.75 Å². The number of phenols is 1. The summed E-state index contributed by atoms with van der Waals surface area (Å²) < 4.78 is 0. The highest BCUT2D eigenvalue weighted by Gasteiger charge is 2.40. The number of carboxylic acid groups (broad SMARTS) is 1. The van der Waals surface area contributed by atoms with E-state index < -0.39 is 77.7 Å². The second-order valence-corrected chi connectivity index (χ2v) is 15.9. The molecule has 0 unspecified atom stereocenters. The van der Waals surface area contributed by atoms with E-state index in [4.69, 9.17) is 5.73 Å². The molecule has 15 heteroatoms. The maximum absolute atomic E-state index is 14.4. The molecule has 0 spiro atoms. The van der Waals surface area contributed by atoms with Crippen molar-refractivity contribution < 1.29 is 39.0 Å². The standard InChI is InChI=1S/C42H59N7O8/c1-7-25(6)36(48-37(51)30(43)19-23(2)3)40(54)47-35(24(4)5)39(53)45-32(20-26-14-16-28(50)17-15-26)41(55)49-18-10-13-34(49)38(52)46-33(42(56)57)21-27-22-44-31-12-9-8-11-29(27)31/h8-9,11-12,14-17,22-25,30,32-36,44,50H,7,10,13,18-21,43H2,1-6H3,(H,45,53)(H,46,52)(H,47,54)(H,48,51)(H,56,57)/t25-,30-,32-,33-,34-,35-,36-/m0/s1. The van der Waals surface area contributed by atoms with Crippen LogP contribution in [0.25, 0.3) is 10.9 Å². The fraction of sp³-hybridized carbons (Fsp3) is 0.524. The van der Waals surface area contributed by atoms with Gasteiger partial charge in [0.2, 0.25) is 29.5 Å². The SMILES string of the molecule is CC[C@H](C)[C@H](NC(=O)[C@@H](N)CC(C)C)C(=O)N[C@H](C(=O)N[C@@H](Cc1ccc(O)cc1)C(=O)N1CCC[C@H]1C(=O)N[C@@H](Cc1c[nH]c2ccccc12)C(=O)O)C(C)C. The van der Waals surface area contributed by atoms with Gasteiger partial charge in [-0.15, -0.1) is 0 Å². The molecule has 1 saturated heterocycles. The van der Waals surface area contributed by atoms with Gasteiger partial charge in [0.1, 0.15) is 36.0 Å². The molecule has 2 aromatic carbocycles. The third kappa shape index (κ3) is 11.8. The van der Waals surface area contributed by atoms with E-state index in [1.807, 2.05) is 52.0 Å². The van der Waals surface area contributed by atoms with Crippen LogP contribution < -0.4 is 27.0 Å². The summed E-state index contributed by atoms with van der Waals surface area (Å²) in [5.74, 6) is -4.65. The number of nitrogens with one attached hydrogen (secondary N) is 5. The van der Waals surface area contributed by atoms with Crippen LogP contribution >= 0.6 is 0 Å². The second-order valence-electron chi connectivity index (χ2n) is 15.9. The first-order chi connectivity index (χ1) is 27.0. The largest absolute Gasteiger partial charge is 0.508 e. The Balaban J connectivity index is 1.54. The molecule has 5 amide bonds. The van der Waals surface area contributed by atoms with Crippen molar-refractivity contribution in [1.29, 1.82) is 0 Å². The van der Waals surface area contributed by atoms with Crippen molar-refractivity contribution in [3.05, 3.63) is 65.9 Å². The molecule has 310 valence electrons. The molecule has 9 N–H and O–H groups in total. The summed E-state index contributed by atoms with van der Waals surface area (Å²) in [4.78, 5) is 85.9. The van der Waals surface area contributed by atoms with Crippen molar-refractivity contribution in [3.8, 4) is 5.75 Å². The first kappa shape index (κ1) is 44.3. The van der Waals surface area contributed by atoms with E-state index in [0.717, 1.165) is 10.9 Å². The first-order valence-electron chi connectivity index (χ1n) is 19.8. The van der Waals surface area contributed by atoms with Gasteiger partial charge in [0.15, 0.2) is 0 Å². The Morgan fingerprint density at radius 1 is 0.842 bits per heavy atom. The average molecular weight is 790 g/mol. The van der Waals surface area contributed by atoms with Crippen LogP contribution in [0.4, 0.5) is 0 Å². The number of hydrogen-bond acceptors (Lipinski definition) is 8. The normalized spacial score (nSPS) is 17.4. The molecule has 15 nitrogen and oxygen atoms in total. The number of aliphatic carboxylic acids is 1. The number of rotatable bonds is 19. The summed E-state index contributed by atoms with van der Waals surface area (Å²) in [7, 11) is 0. The first-order valence-corrected chi connectivity index (χ1v) is 19.8. The number of amides is 5. The second kappa shape index (κ2) is 20.1. The fourth-order valence-corrected chi connectivity index (χ4v) is 7.18. The quantitative estimate of drug-likeness (QED) is 0.0891. The number of likely N-dealkylation sites (tertiary alicyclic amines) is 1. The summed E-state index contributed by atoms with van der Waals surface area (Å²) in [5.41, 5.74) is 8.27. The van der Waals surface area contributed by atoms with Gasteiger partial charge in [-0.1, -0.05) is 78.3 Å². The Hall–Kier alpha value is -5.44. The number of aromatic nitrogens is 1. The zero-order chi connectivity index (χ0) is 42.0. The van der Waals surface area contributed by atoms with Gasteiger partial charge in [-0.05, 0) is 66.3 Å². The minimum absolute atomic E-state index is 0.00788. The Bertz CT molecular complexity index is 1880. The summed E-state index contributed by atoms with van der Waals surface area (Å²) >= 11 is 0. The van der Waals surface area contributed by atoms with E-state index in [0.29, 0.717) is 30.4 Å². The van der Waals surface area contributed by atoms with E-state index in [2.05, 4.69) is 26.3 Å². The van der Waals surface area contributed by atoms with E-state index in [1.54, 1.807) is 32.2 Å². The van der Waals surface area contributed by atoms with Crippen LogP contribution in [0.2, 0.25) is 0 Å². The Morgan fingerprint density at radius 3 is 2.12 bits per heavy atom. The Morgan fingerprint density at radius 2 is 1.49 bits per heavy atom. The van der Waals surface area contributed by atoms with Gasteiger partial charge in [-0.25, -0.2) is 4.79 Å². The van der Waals surface area contributed by atoms with Gasteiger partial charge >= 0.3 is 5.97 Å². The lowest BCUT2D eigenvalue weighted by Crippen LogP contribution is -2.61. The summed E-state index contributed by atoms with van der Waals surface area (Å²) in [6.45, 7) is 11.3. The fourth-order valence-electron chi connectivity index (χ4n) is 7.18. The summed E-state index contributed by atoms with van der Waals surface area (Å²) in [6, 6.07) is 7.21. The van der Waals surface area contributed by atoms with Gasteiger partial charge in [0, 0.05) is 36.5 Å². The number of H-pyrrole nitrogens is 1. The van der Waals surface area contributed by atoms with Crippen LogP contribution in [0.15, 0.2) is 54.7 Å². The highest BCUT2D eigenvalue weighted by atomic mass is 16.4. The number of hydrogen-bond donors (Lipinski definition) is 8. The maximum Gasteiger partial charge on any atom is 0.326 e. The third-order valence-corrected chi connectivity index (χ3v) is 10.6. The van der Waals surface area contributed by atoms with Crippen molar-refractivity contribution in [2.45, 2.75) is 116 Å². The van der Waals surface area contributed by atoms with Crippen molar-refractivity contribution in [2.75, 3.05) is 6.54 Å². The van der Waals surface area contributed by atoms with Crippen molar-refractivity contribution in [2.24, 2.45) is 23.5 Å². The molecule has 4 rings (SSSR count). The summed E-state index contributed by atoms with van der Waals surface area (Å²) in [6.07, 6.45) is 3.46. The molecule has 0 aliphatic carbocycles. The van der Waals surface area contributed by atoms with Gasteiger partial charge in [0.05, 0.1) is 6.04 Å². The maximum atomic E-state index is 14.4. The molecule has 1 fully saturated rings. The smallest absolute Gasteiger partial charge is 0.326 e. The van der Waals surface area contributed by atoms with Gasteiger partial charge < -0.3 is 47.1 Å². The monoisotopic (exact) mass is 789 g/mol. The lowest BCUT2D eigenvalue weighted by Gasteiger charge is -2.32. The molecule has 1 aliphatic rings. The number of fused-ring (bicyclic) bond motifs is 1. The van der Waals surface area contributed by atoms with Crippen LogP contribution in [-0.2, 0) is 41.6 Å². The predicted molar refractivity (Wildman–Crippen MR) is 216 cm³/mol. The van der Waals surface area contributed by atoms with Crippen LogP contribution in [0.3, 0.4) is 0 Å².